The van der Waals surface area contributed by atoms with Gasteiger partial charge >= 0.3 is 5.69 Å². The second-order valence-electron chi connectivity index (χ2n) is 5.88. The average Bonchev–Trinajstić information content (AvgIpc) is 2.58. The number of nitro benzene ring substituents is 1. The van der Waals surface area contributed by atoms with Crippen LogP contribution in [-0.2, 0) is 0 Å². The number of likely N-dealkylation sites (N-methyl/N-ethyl adjacent to an activating group) is 1. The SMILES string of the molecule is CN(C)CCNC(=O)c1cccc2c1Oc1c(cccc1[N+](=O)[O-])N2. The molecule has 0 atom stereocenters. The van der Waals surface area contributed by atoms with Crippen molar-refractivity contribution in [2.24, 2.45) is 0 Å². The van der Waals surface area contributed by atoms with Gasteiger partial charge in [0, 0.05) is 19.2 Å². The van der Waals surface area contributed by atoms with Crippen LogP contribution in [0.5, 0.6) is 11.5 Å². The Balaban J connectivity index is 1.91. The quantitative estimate of drug-likeness (QED) is 0.547. The zero-order chi connectivity index (χ0) is 18.0. The lowest BCUT2D eigenvalue weighted by molar-refractivity contribution is -0.385. The van der Waals surface area contributed by atoms with E-state index < -0.39 is 4.92 Å². The number of hydrogen-bond donors (Lipinski definition) is 2. The fourth-order valence-electron chi connectivity index (χ4n) is 2.53. The van der Waals surface area contributed by atoms with Crippen molar-refractivity contribution in [1.29, 1.82) is 0 Å². The number of nitro groups is 1. The number of rotatable bonds is 5. The maximum absolute atomic E-state index is 12.5. The molecule has 0 saturated carbocycles. The number of carbonyl (C=O) groups is 1. The minimum atomic E-state index is -0.509. The highest BCUT2D eigenvalue weighted by Crippen LogP contribution is 2.47. The first-order valence-electron chi connectivity index (χ1n) is 7.75. The van der Waals surface area contributed by atoms with Crippen molar-refractivity contribution in [2.45, 2.75) is 0 Å². The number of nitrogens with zero attached hydrogens (tertiary/aromatic N) is 2. The Labute approximate surface area is 144 Å². The molecule has 2 aromatic rings. The smallest absolute Gasteiger partial charge is 0.313 e. The molecule has 0 radical (unpaired) electrons. The maximum atomic E-state index is 12.5. The first kappa shape index (κ1) is 16.7. The lowest BCUT2D eigenvalue weighted by Gasteiger charge is -2.23. The van der Waals surface area contributed by atoms with E-state index in [0.29, 0.717) is 30.0 Å². The Bertz CT molecular complexity index is 835. The summed E-state index contributed by atoms with van der Waals surface area (Å²) < 4.78 is 5.77. The number of benzene rings is 2. The van der Waals surface area contributed by atoms with Crippen LogP contribution in [0.25, 0.3) is 0 Å². The first-order valence-corrected chi connectivity index (χ1v) is 7.75. The van der Waals surface area contributed by atoms with E-state index in [1.54, 1.807) is 30.3 Å². The van der Waals surface area contributed by atoms with E-state index in [0.717, 1.165) is 0 Å². The molecule has 0 saturated heterocycles. The number of fused-ring (bicyclic) bond motifs is 2. The molecule has 1 aliphatic rings. The van der Waals surface area contributed by atoms with Gasteiger partial charge in [0.2, 0.25) is 5.75 Å². The van der Waals surface area contributed by atoms with E-state index in [1.807, 2.05) is 19.0 Å². The van der Waals surface area contributed by atoms with Gasteiger partial charge in [0.15, 0.2) is 5.75 Å². The molecule has 1 heterocycles. The third kappa shape index (κ3) is 3.38. The van der Waals surface area contributed by atoms with Crippen molar-refractivity contribution in [2.75, 3.05) is 32.5 Å². The topological polar surface area (TPSA) is 96.7 Å². The highest BCUT2D eigenvalue weighted by Gasteiger charge is 2.28. The van der Waals surface area contributed by atoms with Crippen LogP contribution in [0.1, 0.15) is 10.4 Å². The molecule has 1 aliphatic heterocycles. The van der Waals surface area contributed by atoms with Gasteiger partial charge in [0.25, 0.3) is 5.91 Å². The van der Waals surface area contributed by atoms with Crippen LogP contribution in [0.2, 0.25) is 0 Å². The Morgan fingerprint density at radius 1 is 1.20 bits per heavy atom. The molecule has 1 amide bonds. The normalized spacial score (nSPS) is 11.8. The molecule has 8 nitrogen and oxygen atoms in total. The number of nitrogens with one attached hydrogen (secondary N) is 2. The van der Waals surface area contributed by atoms with E-state index in [9.17, 15) is 14.9 Å². The van der Waals surface area contributed by atoms with Crippen LogP contribution in [0.3, 0.4) is 0 Å². The van der Waals surface area contributed by atoms with Gasteiger partial charge in [-0.2, -0.15) is 0 Å². The van der Waals surface area contributed by atoms with Crippen molar-refractivity contribution in [3.05, 3.63) is 52.1 Å². The fraction of sp³-hybridized carbons (Fsp3) is 0.235. The predicted molar refractivity (Wildman–Crippen MR) is 93.8 cm³/mol. The van der Waals surface area contributed by atoms with E-state index in [4.69, 9.17) is 4.74 Å². The zero-order valence-corrected chi connectivity index (χ0v) is 13.9. The summed E-state index contributed by atoms with van der Waals surface area (Å²) in [4.78, 5) is 25.1. The molecule has 2 N–H and O–H groups in total. The van der Waals surface area contributed by atoms with Crippen molar-refractivity contribution in [3.8, 4) is 11.5 Å². The van der Waals surface area contributed by atoms with Gasteiger partial charge in [-0.15, -0.1) is 0 Å². The summed E-state index contributed by atoms with van der Waals surface area (Å²) in [5.41, 5.74) is 1.26. The molecule has 0 aromatic heterocycles. The van der Waals surface area contributed by atoms with Crippen molar-refractivity contribution >= 4 is 23.0 Å². The van der Waals surface area contributed by atoms with Crippen LogP contribution in [0, 0.1) is 10.1 Å². The number of anilines is 2. The monoisotopic (exact) mass is 342 g/mol. The van der Waals surface area contributed by atoms with Crippen molar-refractivity contribution in [1.82, 2.24) is 10.2 Å². The molecule has 0 spiro atoms. The van der Waals surface area contributed by atoms with E-state index in [-0.39, 0.29) is 23.1 Å². The number of amides is 1. The maximum Gasteiger partial charge on any atom is 0.313 e. The van der Waals surface area contributed by atoms with Crippen molar-refractivity contribution < 1.29 is 14.5 Å². The molecule has 8 heteroatoms. The third-order valence-corrected chi connectivity index (χ3v) is 3.77. The summed E-state index contributed by atoms with van der Waals surface area (Å²) in [6, 6.07) is 9.76. The van der Waals surface area contributed by atoms with Crippen LogP contribution >= 0.6 is 0 Å². The van der Waals surface area contributed by atoms with Crippen LogP contribution in [-0.4, -0.2) is 42.9 Å². The van der Waals surface area contributed by atoms with E-state index in [1.165, 1.54) is 6.07 Å². The van der Waals surface area contributed by atoms with Gasteiger partial charge in [-0.25, -0.2) is 0 Å². The fourth-order valence-corrected chi connectivity index (χ4v) is 2.53. The number of para-hydroxylation sites is 2. The number of ether oxygens (including phenoxy) is 1. The number of carbonyl (C=O) groups excluding carboxylic acids is 1. The molecule has 0 aliphatic carbocycles. The minimum Gasteiger partial charge on any atom is -0.445 e. The van der Waals surface area contributed by atoms with Gasteiger partial charge in [-0.05, 0) is 32.3 Å². The third-order valence-electron chi connectivity index (χ3n) is 3.77. The van der Waals surface area contributed by atoms with Crippen LogP contribution in [0.4, 0.5) is 17.1 Å². The molecule has 3 rings (SSSR count). The van der Waals surface area contributed by atoms with Gasteiger partial charge < -0.3 is 20.3 Å². The second-order valence-corrected chi connectivity index (χ2v) is 5.88. The van der Waals surface area contributed by atoms with E-state index >= 15 is 0 Å². The summed E-state index contributed by atoms with van der Waals surface area (Å²) in [6.45, 7) is 1.19. The predicted octanol–water partition coefficient (Wildman–Crippen LogP) is 2.74. The second kappa shape index (κ2) is 6.78. The molecular weight excluding hydrogens is 324 g/mol. The van der Waals surface area contributed by atoms with Crippen molar-refractivity contribution in [3.63, 3.8) is 0 Å². The summed E-state index contributed by atoms with van der Waals surface area (Å²) in [5.74, 6) is 0.0997. The van der Waals surface area contributed by atoms with Crippen LogP contribution < -0.4 is 15.4 Å². The highest BCUT2D eigenvalue weighted by atomic mass is 16.6. The van der Waals surface area contributed by atoms with Gasteiger partial charge in [-0.3, -0.25) is 14.9 Å². The lowest BCUT2D eigenvalue weighted by atomic mass is 10.1. The van der Waals surface area contributed by atoms with E-state index in [2.05, 4.69) is 10.6 Å². The Kier molecular flexibility index (Phi) is 4.53. The molecule has 0 bridgehead atoms. The average molecular weight is 342 g/mol. The Morgan fingerprint density at radius 3 is 2.56 bits per heavy atom. The molecule has 0 fully saturated rings. The molecule has 130 valence electrons. The highest BCUT2D eigenvalue weighted by molar-refractivity contribution is 6.00. The molecular formula is C17H18N4O4. The summed E-state index contributed by atoms with van der Waals surface area (Å²) >= 11 is 0. The Hall–Kier alpha value is -3.13. The van der Waals surface area contributed by atoms with Gasteiger partial charge in [0.05, 0.1) is 21.9 Å². The van der Waals surface area contributed by atoms with Gasteiger partial charge in [-0.1, -0.05) is 12.1 Å². The van der Waals surface area contributed by atoms with Gasteiger partial charge in [0.1, 0.15) is 0 Å². The molecule has 25 heavy (non-hydrogen) atoms. The Morgan fingerprint density at radius 2 is 1.88 bits per heavy atom. The summed E-state index contributed by atoms with van der Waals surface area (Å²) in [6.07, 6.45) is 0. The first-order chi connectivity index (χ1) is 12.0. The summed E-state index contributed by atoms with van der Waals surface area (Å²) in [7, 11) is 3.83. The van der Waals surface area contributed by atoms with Crippen LogP contribution in [0.15, 0.2) is 36.4 Å². The minimum absolute atomic E-state index is 0.105. The lowest BCUT2D eigenvalue weighted by Crippen LogP contribution is -2.31. The zero-order valence-electron chi connectivity index (χ0n) is 13.9. The summed E-state index contributed by atoms with van der Waals surface area (Å²) in [5, 5.41) is 17.1. The largest absolute Gasteiger partial charge is 0.445 e. The molecule has 0 unspecified atom stereocenters. The number of hydrogen-bond acceptors (Lipinski definition) is 6. The standard InChI is InChI=1S/C17H18N4O4/c1-20(2)10-9-18-17(22)11-5-3-6-12-15(11)25-16-13(19-12)7-4-8-14(16)21(23)24/h3-8,19H,9-10H2,1-2H3,(H,18,22). The molecule has 2 aromatic carbocycles.